The van der Waals surface area contributed by atoms with Gasteiger partial charge in [0, 0.05) is 36.0 Å². The summed E-state index contributed by atoms with van der Waals surface area (Å²) in [6, 6.07) is 5.43. The molecule has 7 heteroatoms. The van der Waals surface area contributed by atoms with Crippen molar-refractivity contribution >= 4 is 33.3 Å². The predicted octanol–water partition coefficient (Wildman–Crippen LogP) is 1.77. The van der Waals surface area contributed by atoms with Crippen LogP contribution in [-0.4, -0.2) is 38.1 Å². The highest BCUT2D eigenvalue weighted by molar-refractivity contribution is 7.99. The van der Waals surface area contributed by atoms with Crippen LogP contribution in [0.15, 0.2) is 23.1 Å². The molecule has 5 nitrogen and oxygen atoms in total. The van der Waals surface area contributed by atoms with Crippen LogP contribution in [0.1, 0.15) is 13.8 Å². The van der Waals surface area contributed by atoms with Crippen LogP contribution in [0.5, 0.6) is 0 Å². The van der Waals surface area contributed by atoms with E-state index >= 15 is 0 Å². The molecule has 19 heavy (non-hydrogen) atoms. The molecule has 0 spiro atoms. The molecule has 0 aliphatic carbocycles. The van der Waals surface area contributed by atoms with Crippen molar-refractivity contribution in [2.45, 2.75) is 18.7 Å². The van der Waals surface area contributed by atoms with Crippen LogP contribution in [0.3, 0.4) is 0 Å². The minimum atomic E-state index is -3.46. The van der Waals surface area contributed by atoms with Gasteiger partial charge in [0.2, 0.25) is 0 Å². The third kappa shape index (κ3) is 2.68. The number of nitrogen functional groups attached to an aromatic ring is 1. The molecule has 2 N–H and O–H groups in total. The Labute approximate surface area is 118 Å². The Balaban J connectivity index is 2.46. The topological polar surface area (TPSA) is 66.6 Å². The summed E-state index contributed by atoms with van der Waals surface area (Å²) in [6.45, 7) is 5.13. The van der Waals surface area contributed by atoms with E-state index in [1.165, 1.54) is 8.61 Å². The molecule has 106 valence electrons. The maximum Gasteiger partial charge on any atom is 0.304 e. The first-order valence-corrected chi connectivity index (χ1v) is 8.69. The SMILES string of the molecule is CCN(CC)S(=O)(=O)N1CCSc2ccc(N)cc21. The van der Waals surface area contributed by atoms with E-state index in [2.05, 4.69) is 0 Å². The lowest BCUT2D eigenvalue weighted by molar-refractivity contribution is 0.442. The quantitative estimate of drug-likeness (QED) is 0.861. The minimum absolute atomic E-state index is 0.472. The van der Waals surface area contributed by atoms with Crippen LogP contribution in [-0.2, 0) is 10.2 Å². The van der Waals surface area contributed by atoms with E-state index in [0.29, 0.717) is 31.0 Å². The van der Waals surface area contributed by atoms with E-state index < -0.39 is 10.2 Å². The normalized spacial score (nSPS) is 15.6. The first-order valence-electron chi connectivity index (χ1n) is 6.30. The second-order valence-electron chi connectivity index (χ2n) is 4.24. The second-order valence-corrected chi connectivity index (χ2v) is 7.23. The van der Waals surface area contributed by atoms with Gasteiger partial charge in [-0.3, -0.25) is 4.31 Å². The van der Waals surface area contributed by atoms with Gasteiger partial charge in [0.25, 0.3) is 0 Å². The Kier molecular flexibility index (Phi) is 4.27. The summed E-state index contributed by atoms with van der Waals surface area (Å²) >= 11 is 1.66. The van der Waals surface area contributed by atoms with Gasteiger partial charge in [0.15, 0.2) is 0 Å². The molecule has 0 saturated heterocycles. The van der Waals surface area contributed by atoms with Gasteiger partial charge in [-0.25, -0.2) is 0 Å². The molecule has 0 aromatic heterocycles. The van der Waals surface area contributed by atoms with E-state index in [1.54, 1.807) is 23.9 Å². The fourth-order valence-electron chi connectivity index (χ4n) is 2.14. The lowest BCUT2D eigenvalue weighted by Gasteiger charge is -2.34. The number of rotatable bonds is 4. The first kappa shape index (κ1) is 14.5. The highest BCUT2D eigenvalue weighted by Crippen LogP contribution is 2.37. The molecule has 1 aromatic rings. The number of hydrogen-bond donors (Lipinski definition) is 1. The molecule has 2 rings (SSSR count). The van der Waals surface area contributed by atoms with Gasteiger partial charge in [-0.1, -0.05) is 13.8 Å². The summed E-state index contributed by atoms with van der Waals surface area (Å²) in [5.74, 6) is 0.761. The number of fused-ring (bicyclic) bond motifs is 1. The molecule has 0 fully saturated rings. The fourth-order valence-corrected chi connectivity index (χ4v) is 4.94. The Morgan fingerprint density at radius 1 is 1.37 bits per heavy atom. The molecule has 0 saturated carbocycles. The Morgan fingerprint density at radius 2 is 2.05 bits per heavy atom. The van der Waals surface area contributed by atoms with E-state index in [1.807, 2.05) is 19.9 Å². The Bertz CT molecular complexity index is 556. The van der Waals surface area contributed by atoms with E-state index in [0.717, 1.165) is 10.6 Å². The number of benzene rings is 1. The second kappa shape index (κ2) is 5.60. The standard InChI is InChI=1S/C12H19N3O2S2/c1-3-14(4-2)19(16,17)15-7-8-18-12-6-5-10(13)9-11(12)15/h5-6,9H,3-4,7-8,13H2,1-2H3. The average molecular weight is 301 g/mol. The summed E-state index contributed by atoms with van der Waals surface area (Å²) in [6.07, 6.45) is 0. The maximum absolute atomic E-state index is 12.6. The first-order chi connectivity index (χ1) is 9.00. The lowest BCUT2D eigenvalue weighted by atomic mass is 10.3. The van der Waals surface area contributed by atoms with Gasteiger partial charge in [-0.2, -0.15) is 12.7 Å². The van der Waals surface area contributed by atoms with E-state index in [9.17, 15) is 8.42 Å². The number of nitrogens with two attached hydrogens (primary N) is 1. The van der Waals surface area contributed by atoms with Gasteiger partial charge in [0.05, 0.1) is 5.69 Å². The van der Waals surface area contributed by atoms with Crippen LogP contribution in [0.4, 0.5) is 11.4 Å². The van der Waals surface area contributed by atoms with Crippen LogP contribution in [0.25, 0.3) is 0 Å². The molecule has 1 heterocycles. The minimum Gasteiger partial charge on any atom is -0.399 e. The smallest absolute Gasteiger partial charge is 0.304 e. The van der Waals surface area contributed by atoms with Crippen molar-refractivity contribution in [3.8, 4) is 0 Å². The van der Waals surface area contributed by atoms with Crippen LogP contribution >= 0.6 is 11.8 Å². The third-order valence-electron chi connectivity index (χ3n) is 3.11. The largest absolute Gasteiger partial charge is 0.399 e. The predicted molar refractivity (Wildman–Crippen MR) is 80.8 cm³/mol. The van der Waals surface area contributed by atoms with Crippen LogP contribution in [0, 0.1) is 0 Å². The summed E-state index contributed by atoms with van der Waals surface area (Å²) in [5, 5.41) is 0. The molecule has 0 radical (unpaired) electrons. The number of hydrogen-bond acceptors (Lipinski definition) is 4. The third-order valence-corrected chi connectivity index (χ3v) is 6.26. The molecule has 0 amide bonds. The highest BCUT2D eigenvalue weighted by atomic mass is 32.2. The highest BCUT2D eigenvalue weighted by Gasteiger charge is 2.31. The van der Waals surface area contributed by atoms with E-state index in [4.69, 9.17) is 5.73 Å². The Morgan fingerprint density at radius 3 is 2.68 bits per heavy atom. The number of anilines is 2. The van der Waals surface area contributed by atoms with Crippen molar-refractivity contribution in [2.75, 3.05) is 35.4 Å². The van der Waals surface area contributed by atoms with Crippen molar-refractivity contribution < 1.29 is 8.42 Å². The molecule has 0 atom stereocenters. The van der Waals surface area contributed by atoms with Crippen molar-refractivity contribution in [1.82, 2.24) is 4.31 Å². The van der Waals surface area contributed by atoms with Gasteiger partial charge in [-0.05, 0) is 18.2 Å². The summed E-state index contributed by atoms with van der Waals surface area (Å²) < 4.78 is 28.2. The Hall–Kier alpha value is -0.920. The van der Waals surface area contributed by atoms with Crippen molar-refractivity contribution in [1.29, 1.82) is 0 Å². The summed E-state index contributed by atoms with van der Waals surface area (Å²) in [5.41, 5.74) is 7.07. The molecule has 1 aliphatic rings. The summed E-state index contributed by atoms with van der Waals surface area (Å²) in [7, 11) is -3.46. The number of thioether (sulfide) groups is 1. The van der Waals surface area contributed by atoms with Gasteiger partial charge in [-0.15, -0.1) is 11.8 Å². The average Bonchev–Trinajstić information content (AvgIpc) is 2.38. The van der Waals surface area contributed by atoms with E-state index in [-0.39, 0.29) is 0 Å². The molecular formula is C12H19N3O2S2. The molecular weight excluding hydrogens is 282 g/mol. The zero-order valence-electron chi connectivity index (χ0n) is 11.2. The maximum atomic E-state index is 12.6. The molecule has 1 aromatic carbocycles. The summed E-state index contributed by atoms with van der Waals surface area (Å²) in [4.78, 5) is 0.969. The molecule has 1 aliphatic heterocycles. The molecule has 0 unspecified atom stereocenters. The monoisotopic (exact) mass is 301 g/mol. The van der Waals surface area contributed by atoms with Crippen LogP contribution < -0.4 is 10.0 Å². The van der Waals surface area contributed by atoms with Crippen molar-refractivity contribution in [2.24, 2.45) is 0 Å². The number of nitrogens with zero attached hydrogens (tertiary/aromatic N) is 2. The van der Waals surface area contributed by atoms with Gasteiger partial charge in [0.1, 0.15) is 0 Å². The van der Waals surface area contributed by atoms with Gasteiger partial charge >= 0.3 is 10.2 Å². The lowest BCUT2D eigenvalue weighted by Crippen LogP contribution is -2.46. The van der Waals surface area contributed by atoms with Gasteiger partial charge < -0.3 is 5.73 Å². The van der Waals surface area contributed by atoms with Crippen molar-refractivity contribution in [3.05, 3.63) is 18.2 Å². The zero-order chi connectivity index (χ0) is 14.0. The molecule has 0 bridgehead atoms. The fraction of sp³-hybridized carbons (Fsp3) is 0.500. The zero-order valence-corrected chi connectivity index (χ0v) is 12.8. The van der Waals surface area contributed by atoms with Crippen LogP contribution in [0.2, 0.25) is 0 Å². The van der Waals surface area contributed by atoms with Crippen molar-refractivity contribution in [3.63, 3.8) is 0 Å².